The Bertz CT molecular complexity index is 1300. The van der Waals surface area contributed by atoms with Crippen LogP contribution in [0.15, 0.2) is 78.9 Å². The van der Waals surface area contributed by atoms with Crippen LogP contribution in [-0.2, 0) is 20.7 Å². The van der Waals surface area contributed by atoms with E-state index in [0.717, 1.165) is 50.0 Å². The van der Waals surface area contributed by atoms with Gasteiger partial charge in [-0.1, -0.05) is 151 Å². The third kappa shape index (κ3) is 54.3. The standard InChI is InChI=1S/C20H26O2.C10H19N.C10H21N.C4H8O2.C3H6.4C2H6.CH4O.CH2O/c1-6-22-17-9-14(4)19(15(5)10-17)12-16-7-8-20(21)18(11-16)13(2)3;1-5-6-7-9(2)8-10(3)11-4;1-5-7-8-10(11-4)9(3)6-2;1-2-3-6-4-5;1-3-2;6*1-2/h7-11,13,21H,6,12H2,1-5H3;5-7,10-11H,8H2,1-4H3;5,7,9-11H,6,8H2,1-4H3;4H,2-3H2,1H3;3H,1H2,2H3;4*1-2H3;2H,1H3;1H2/b;6-5-,9-7+;7-5+;;;;;;;;/t;;9?,10-;;;;;;;;/m..0......../s1. The van der Waals surface area contributed by atoms with Gasteiger partial charge in [-0.05, 0) is 153 Å². The van der Waals surface area contributed by atoms with Crippen molar-refractivity contribution >= 4 is 13.3 Å². The summed E-state index contributed by atoms with van der Waals surface area (Å²) < 4.78 is 9.91. The molecule has 0 aliphatic heterocycles. The molecule has 0 saturated carbocycles. The predicted octanol–water partition coefficient (Wildman–Crippen LogP) is 15.5. The fourth-order valence-electron chi connectivity index (χ4n) is 5.14. The first-order valence-corrected chi connectivity index (χ1v) is 24.4. The molecule has 2 rings (SSSR count). The van der Waals surface area contributed by atoms with Crippen LogP contribution < -0.4 is 15.4 Å². The Hall–Kier alpha value is -3.98. The van der Waals surface area contributed by atoms with Crippen molar-refractivity contribution in [1.29, 1.82) is 0 Å². The van der Waals surface area contributed by atoms with Gasteiger partial charge in [0.2, 0.25) is 0 Å². The maximum absolute atomic E-state index is 9.96. The molecule has 0 bridgehead atoms. The number of aryl methyl sites for hydroxylation is 2. The molecule has 0 heterocycles. The monoisotopic (exact) mass is 919 g/mol. The SMILES string of the molecule is C/C=C/C[C@H](NC)C(C)CC.C/C=C\C=C(/C)CC(C)NC.C=CC.C=O.CC.CC.CC.CC.CCCOC=O.CCOc1cc(C)c(Cc2ccc(O)c(C(C)C)c2)c(C)c1.CO. The average Bonchev–Trinajstić information content (AvgIpc) is 3.34. The molecule has 0 aromatic heterocycles. The van der Waals surface area contributed by atoms with E-state index < -0.39 is 0 Å². The molecule has 0 spiro atoms. The average molecular weight is 920 g/mol. The van der Waals surface area contributed by atoms with Crippen molar-refractivity contribution in [2.75, 3.05) is 34.4 Å². The van der Waals surface area contributed by atoms with Crippen LogP contribution in [0.1, 0.15) is 191 Å². The number of hydrogen-bond donors (Lipinski definition) is 4. The maximum atomic E-state index is 9.96. The number of hydrogen-bond acceptors (Lipinski definition) is 8. The molecule has 0 saturated heterocycles. The van der Waals surface area contributed by atoms with E-state index in [1.54, 1.807) is 6.08 Å². The second-order valence-electron chi connectivity index (χ2n) is 13.6. The number of aliphatic hydroxyl groups is 1. The highest BCUT2D eigenvalue weighted by Crippen LogP contribution is 2.29. The first kappa shape index (κ1) is 81.2. The zero-order valence-corrected chi connectivity index (χ0v) is 47.1. The highest BCUT2D eigenvalue weighted by atomic mass is 16.5. The van der Waals surface area contributed by atoms with Crippen molar-refractivity contribution in [1.82, 2.24) is 10.6 Å². The zero-order chi connectivity index (χ0) is 53.2. The second kappa shape index (κ2) is 69.1. The molecular weight excluding hydrogens is 809 g/mol. The summed E-state index contributed by atoms with van der Waals surface area (Å²) in [6.45, 7) is 50.4. The van der Waals surface area contributed by atoms with Gasteiger partial charge in [0.15, 0.2) is 0 Å². The van der Waals surface area contributed by atoms with E-state index in [0.29, 0.717) is 43.4 Å². The Morgan fingerprint density at radius 1 is 0.815 bits per heavy atom. The molecule has 8 nitrogen and oxygen atoms in total. The minimum absolute atomic E-state index is 0.322. The molecule has 8 heteroatoms. The summed E-state index contributed by atoms with van der Waals surface area (Å²) in [5, 5.41) is 23.5. The molecule has 0 aliphatic rings. The third-order valence-corrected chi connectivity index (χ3v) is 8.49. The van der Waals surface area contributed by atoms with E-state index in [-0.39, 0.29) is 0 Å². The zero-order valence-electron chi connectivity index (χ0n) is 47.1. The van der Waals surface area contributed by atoms with Gasteiger partial charge in [0.05, 0.1) is 13.2 Å². The molecule has 0 amide bonds. The van der Waals surface area contributed by atoms with E-state index in [9.17, 15) is 9.90 Å². The highest BCUT2D eigenvalue weighted by molar-refractivity contribution is 5.46. The number of carbonyl (C=O) groups is 2. The lowest BCUT2D eigenvalue weighted by Crippen LogP contribution is -2.31. The normalized spacial score (nSPS) is 10.7. The number of rotatable bonds is 17. The van der Waals surface area contributed by atoms with E-state index >= 15 is 0 Å². The second-order valence-corrected chi connectivity index (χ2v) is 13.6. The number of nitrogens with one attached hydrogen (secondary N) is 2. The van der Waals surface area contributed by atoms with Crippen LogP contribution in [0.25, 0.3) is 0 Å². The van der Waals surface area contributed by atoms with E-state index in [1.807, 2.05) is 122 Å². The lowest BCUT2D eigenvalue weighted by atomic mass is 9.93. The van der Waals surface area contributed by atoms with E-state index in [1.165, 1.54) is 34.2 Å². The Labute approximate surface area is 405 Å². The van der Waals surface area contributed by atoms with Gasteiger partial charge in [-0.2, -0.15) is 0 Å². The van der Waals surface area contributed by atoms with E-state index in [2.05, 4.69) is 127 Å². The first-order chi connectivity index (χ1) is 31.2. The van der Waals surface area contributed by atoms with Crippen molar-refractivity contribution in [2.45, 2.75) is 196 Å². The van der Waals surface area contributed by atoms with Crippen LogP contribution in [0, 0.1) is 19.8 Å². The molecule has 2 aromatic rings. The number of phenols is 1. The summed E-state index contributed by atoms with van der Waals surface area (Å²) in [5.74, 6) is 2.42. The number of benzene rings is 2. The minimum atomic E-state index is 0.322. The molecule has 65 heavy (non-hydrogen) atoms. The Morgan fingerprint density at radius 3 is 1.65 bits per heavy atom. The maximum Gasteiger partial charge on any atom is 0.293 e. The third-order valence-electron chi connectivity index (χ3n) is 8.49. The smallest absolute Gasteiger partial charge is 0.293 e. The molecule has 0 radical (unpaired) electrons. The summed E-state index contributed by atoms with van der Waals surface area (Å²) in [6.07, 6.45) is 17.7. The number of phenolic OH excluding ortho intramolecular Hbond substituents is 1. The molecule has 2 aromatic carbocycles. The summed E-state index contributed by atoms with van der Waals surface area (Å²) in [5.41, 5.74) is 7.51. The Kier molecular flexibility index (Phi) is 86.3. The Morgan fingerprint density at radius 2 is 1.31 bits per heavy atom. The molecule has 2 unspecified atom stereocenters. The van der Waals surface area contributed by atoms with Crippen molar-refractivity contribution in [3.8, 4) is 11.5 Å². The molecular formula is C57H110N2O6. The van der Waals surface area contributed by atoms with Crippen LogP contribution in [0.4, 0.5) is 0 Å². The summed E-state index contributed by atoms with van der Waals surface area (Å²) in [7, 11) is 5.04. The lowest BCUT2D eigenvalue weighted by Gasteiger charge is -2.20. The number of aliphatic hydroxyl groups excluding tert-OH is 1. The quantitative estimate of drug-likeness (QED) is 0.0536. The summed E-state index contributed by atoms with van der Waals surface area (Å²) in [6, 6.07) is 11.4. The number of carbonyl (C=O) groups excluding carboxylic acids is 2. The van der Waals surface area contributed by atoms with Gasteiger partial charge in [0, 0.05) is 19.2 Å². The fourth-order valence-corrected chi connectivity index (χ4v) is 5.14. The van der Waals surface area contributed by atoms with Gasteiger partial charge < -0.3 is 35.1 Å². The minimum Gasteiger partial charge on any atom is -0.508 e. The summed E-state index contributed by atoms with van der Waals surface area (Å²) >= 11 is 0. The molecule has 0 fully saturated rings. The van der Waals surface area contributed by atoms with Crippen LogP contribution >= 0.6 is 0 Å². The summed E-state index contributed by atoms with van der Waals surface area (Å²) in [4.78, 5) is 17.3. The van der Waals surface area contributed by atoms with Crippen molar-refractivity contribution in [3.63, 3.8) is 0 Å². The van der Waals surface area contributed by atoms with Crippen LogP contribution in [0.5, 0.6) is 11.5 Å². The van der Waals surface area contributed by atoms with Crippen LogP contribution in [0.2, 0.25) is 0 Å². The van der Waals surface area contributed by atoms with Crippen molar-refractivity contribution < 1.29 is 29.3 Å². The Balaban J connectivity index is -0.0000000894. The van der Waals surface area contributed by atoms with Crippen LogP contribution in [0.3, 0.4) is 0 Å². The molecule has 3 atom stereocenters. The van der Waals surface area contributed by atoms with Gasteiger partial charge >= 0.3 is 0 Å². The molecule has 4 N–H and O–H groups in total. The molecule has 384 valence electrons. The largest absolute Gasteiger partial charge is 0.508 e. The predicted molar refractivity (Wildman–Crippen MR) is 294 cm³/mol. The fraction of sp³-hybridized carbons (Fsp3) is 0.614. The highest BCUT2D eigenvalue weighted by Gasteiger charge is 2.12. The van der Waals surface area contributed by atoms with Crippen molar-refractivity contribution in [2.24, 2.45) is 5.92 Å². The van der Waals surface area contributed by atoms with Crippen LogP contribution in [-0.4, -0.2) is 70.0 Å². The molecule has 0 aliphatic carbocycles. The van der Waals surface area contributed by atoms with E-state index in [4.69, 9.17) is 14.6 Å². The lowest BCUT2D eigenvalue weighted by molar-refractivity contribution is -0.128. The van der Waals surface area contributed by atoms with Gasteiger partial charge in [0.1, 0.15) is 18.3 Å². The number of aromatic hydroxyl groups is 1. The first-order valence-electron chi connectivity index (χ1n) is 24.4. The van der Waals surface area contributed by atoms with Gasteiger partial charge in [0.25, 0.3) is 6.47 Å². The number of allylic oxidation sites excluding steroid dienone is 5. The van der Waals surface area contributed by atoms with Gasteiger partial charge in [-0.25, -0.2) is 0 Å². The van der Waals surface area contributed by atoms with Crippen molar-refractivity contribution in [3.05, 3.63) is 107 Å². The topological polar surface area (TPSA) is 117 Å². The van der Waals surface area contributed by atoms with Gasteiger partial charge in [-0.15, -0.1) is 6.58 Å². The number of ether oxygens (including phenoxy) is 2. The van der Waals surface area contributed by atoms with Gasteiger partial charge in [-0.3, -0.25) is 4.79 Å².